The highest BCUT2D eigenvalue weighted by atomic mass is 32.1. The van der Waals surface area contributed by atoms with E-state index in [0.717, 1.165) is 0 Å². The van der Waals surface area contributed by atoms with Gasteiger partial charge in [-0.05, 0) is 12.1 Å². The number of benzene rings is 2. The van der Waals surface area contributed by atoms with Crippen LogP contribution in [0, 0.1) is 5.38 Å². The van der Waals surface area contributed by atoms with E-state index in [4.69, 9.17) is 0 Å². The highest BCUT2D eigenvalue weighted by Gasteiger charge is 2.10. The number of aromatic amines is 1. The van der Waals surface area contributed by atoms with Gasteiger partial charge in [0.05, 0.1) is 5.38 Å². The number of nitrogens with one attached hydrogen (secondary N) is 1. The first-order valence-electron chi connectivity index (χ1n) is 5.89. The number of fused-ring (bicyclic) bond motifs is 2. The lowest BCUT2D eigenvalue weighted by Gasteiger charge is -1.97. The van der Waals surface area contributed by atoms with Gasteiger partial charge in [0.15, 0.2) is 0 Å². The van der Waals surface area contributed by atoms with Gasteiger partial charge in [0.2, 0.25) is 0 Å². The summed E-state index contributed by atoms with van der Waals surface area (Å²) in [4.78, 5) is 3.33. The van der Waals surface area contributed by atoms with Crippen LogP contribution in [0.5, 0.6) is 0 Å². The zero-order valence-electron chi connectivity index (χ0n) is 9.60. The first kappa shape index (κ1) is 9.92. The van der Waals surface area contributed by atoms with Crippen LogP contribution in [0.15, 0.2) is 54.7 Å². The van der Waals surface area contributed by atoms with Gasteiger partial charge in [0.1, 0.15) is 0 Å². The predicted octanol–water partition coefficient (Wildman–Crippen LogP) is 4.85. The summed E-state index contributed by atoms with van der Waals surface area (Å²) in [6.45, 7) is 0. The molecule has 18 heavy (non-hydrogen) atoms. The molecule has 85 valence electrons. The lowest BCUT2D eigenvalue weighted by molar-refractivity contribution is 1.48. The standard InChI is InChI=1S/C16H10NS/c1-3-7-15-11(5-1)13(9-17-15)14-10-18-16-8-4-2-6-12(14)16/h1-9,17H. The summed E-state index contributed by atoms with van der Waals surface area (Å²) in [7, 11) is 0. The molecule has 2 heterocycles. The molecule has 0 fully saturated rings. The third-order valence-corrected chi connectivity index (χ3v) is 4.16. The van der Waals surface area contributed by atoms with Crippen molar-refractivity contribution >= 4 is 32.3 Å². The average molecular weight is 248 g/mol. The molecule has 0 saturated carbocycles. The second-order valence-electron chi connectivity index (χ2n) is 4.32. The average Bonchev–Trinajstić information content (AvgIpc) is 3.01. The maximum atomic E-state index is 3.43. The molecule has 0 aliphatic carbocycles. The molecule has 0 aliphatic heterocycles. The fourth-order valence-electron chi connectivity index (χ4n) is 2.40. The van der Waals surface area contributed by atoms with Crippen LogP contribution in [-0.4, -0.2) is 4.98 Å². The molecular weight excluding hydrogens is 238 g/mol. The van der Waals surface area contributed by atoms with Crippen molar-refractivity contribution in [2.45, 2.75) is 0 Å². The van der Waals surface area contributed by atoms with Crippen molar-refractivity contribution in [3.8, 4) is 11.1 Å². The first-order chi connectivity index (χ1) is 8.93. The van der Waals surface area contributed by atoms with Crippen LogP contribution in [0.2, 0.25) is 0 Å². The van der Waals surface area contributed by atoms with Gasteiger partial charge in [0.25, 0.3) is 0 Å². The molecule has 0 spiro atoms. The molecule has 0 atom stereocenters. The predicted molar refractivity (Wildman–Crippen MR) is 78.0 cm³/mol. The molecular formula is C16H10NS. The number of rotatable bonds is 1. The summed E-state index contributed by atoms with van der Waals surface area (Å²) in [6, 6.07) is 16.9. The second-order valence-corrected chi connectivity index (χ2v) is 5.17. The van der Waals surface area contributed by atoms with Crippen molar-refractivity contribution in [1.82, 2.24) is 4.98 Å². The number of para-hydroxylation sites is 1. The molecule has 1 radical (unpaired) electrons. The normalized spacial score (nSPS) is 11.3. The van der Waals surface area contributed by atoms with Crippen molar-refractivity contribution in [2.24, 2.45) is 0 Å². The summed E-state index contributed by atoms with van der Waals surface area (Å²) >= 11 is 1.68. The highest BCUT2D eigenvalue weighted by molar-refractivity contribution is 7.17. The quantitative estimate of drug-likeness (QED) is 0.495. The second kappa shape index (κ2) is 3.72. The Labute approximate surface area is 109 Å². The Hall–Kier alpha value is -2.06. The SMILES string of the molecule is [c]1sc2ccccc2c1-c1c[nH]c2ccccc12. The largest absolute Gasteiger partial charge is 0.361 e. The molecule has 4 aromatic rings. The zero-order valence-corrected chi connectivity index (χ0v) is 10.4. The topological polar surface area (TPSA) is 15.8 Å². The van der Waals surface area contributed by atoms with E-state index in [1.165, 1.54) is 32.1 Å². The molecule has 0 saturated heterocycles. The molecule has 0 amide bonds. The maximum absolute atomic E-state index is 3.43. The summed E-state index contributed by atoms with van der Waals surface area (Å²) in [5, 5.41) is 5.98. The zero-order chi connectivity index (χ0) is 11.9. The van der Waals surface area contributed by atoms with Crippen LogP contribution >= 0.6 is 11.3 Å². The summed E-state index contributed by atoms with van der Waals surface area (Å²) in [6.07, 6.45) is 2.08. The van der Waals surface area contributed by atoms with Gasteiger partial charge in [-0.15, -0.1) is 11.3 Å². The fourth-order valence-corrected chi connectivity index (χ4v) is 3.26. The Morgan fingerprint density at radius 1 is 0.889 bits per heavy atom. The minimum Gasteiger partial charge on any atom is -0.361 e. The van der Waals surface area contributed by atoms with Crippen LogP contribution < -0.4 is 0 Å². The van der Waals surface area contributed by atoms with Crippen molar-refractivity contribution in [3.05, 3.63) is 60.1 Å². The highest BCUT2D eigenvalue weighted by Crippen LogP contribution is 2.36. The Balaban J connectivity index is 2.08. The van der Waals surface area contributed by atoms with Gasteiger partial charge in [-0.1, -0.05) is 36.4 Å². The van der Waals surface area contributed by atoms with Crippen LogP contribution in [-0.2, 0) is 0 Å². The van der Waals surface area contributed by atoms with E-state index in [-0.39, 0.29) is 0 Å². The van der Waals surface area contributed by atoms with Crippen LogP contribution in [0.25, 0.3) is 32.1 Å². The summed E-state index contributed by atoms with van der Waals surface area (Å²) in [5.41, 5.74) is 3.62. The van der Waals surface area contributed by atoms with Crippen molar-refractivity contribution < 1.29 is 0 Å². The van der Waals surface area contributed by atoms with E-state index in [2.05, 4.69) is 65.1 Å². The third-order valence-electron chi connectivity index (χ3n) is 3.28. The molecule has 4 rings (SSSR count). The number of thiophene rings is 1. The Morgan fingerprint density at radius 2 is 1.67 bits per heavy atom. The van der Waals surface area contributed by atoms with Gasteiger partial charge >= 0.3 is 0 Å². The van der Waals surface area contributed by atoms with Crippen molar-refractivity contribution in [3.63, 3.8) is 0 Å². The third kappa shape index (κ3) is 1.33. The molecule has 0 unspecified atom stereocenters. The Morgan fingerprint density at radius 3 is 2.61 bits per heavy atom. The molecule has 1 nitrogen and oxygen atoms in total. The molecule has 2 heteroatoms. The molecule has 0 aliphatic rings. The van der Waals surface area contributed by atoms with Gasteiger partial charge in [-0.3, -0.25) is 0 Å². The van der Waals surface area contributed by atoms with Crippen LogP contribution in [0.3, 0.4) is 0 Å². The number of hydrogen-bond donors (Lipinski definition) is 1. The maximum Gasteiger partial charge on any atom is 0.0541 e. The molecule has 2 aromatic heterocycles. The summed E-state index contributed by atoms with van der Waals surface area (Å²) < 4.78 is 1.29. The molecule has 0 bridgehead atoms. The van der Waals surface area contributed by atoms with E-state index in [0.29, 0.717) is 0 Å². The molecule has 2 aromatic carbocycles. The van der Waals surface area contributed by atoms with E-state index in [1.807, 2.05) is 0 Å². The van der Waals surface area contributed by atoms with E-state index in [9.17, 15) is 0 Å². The minimum atomic E-state index is 1.18. The number of hydrogen-bond acceptors (Lipinski definition) is 1. The van der Waals surface area contributed by atoms with Gasteiger partial charge < -0.3 is 4.98 Å². The van der Waals surface area contributed by atoms with Gasteiger partial charge in [0, 0.05) is 38.3 Å². The lowest BCUT2D eigenvalue weighted by Crippen LogP contribution is -1.72. The minimum absolute atomic E-state index is 1.18. The van der Waals surface area contributed by atoms with Crippen molar-refractivity contribution in [2.75, 3.05) is 0 Å². The Bertz CT molecular complexity index is 766. The van der Waals surface area contributed by atoms with Crippen molar-refractivity contribution in [1.29, 1.82) is 0 Å². The van der Waals surface area contributed by atoms with Crippen LogP contribution in [0.1, 0.15) is 0 Å². The molecule has 1 N–H and O–H groups in total. The van der Waals surface area contributed by atoms with E-state index < -0.39 is 0 Å². The smallest absolute Gasteiger partial charge is 0.0541 e. The number of H-pyrrole nitrogens is 1. The first-order valence-corrected chi connectivity index (χ1v) is 6.71. The Kier molecular flexibility index (Phi) is 2.05. The monoisotopic (exact) mass is 248 g/mol. The fraction of sp³-hybridized carbons (Fsp3) is 0. The van der Waals surface area contributed by atoms with Gasteiger partial charge in [-0.2, -0.15) is 0 Å². The lowest BCUT2D eigenvalue weighted by atomic mass is 10.0. The summed E-state index contributed by atoms with van der Waals surface area (Å²) in [5.74, 6) is 0. The number of aromatic nitrogens is 1. The van der Waals surface area contributed by atoms with E-state index >= 15 is 0 Å². The van der Waals surface area contributed by atoms with Crippen LogP contribution in [0.4, 0.5) is 0 Å². The van der Waals surface area contributed by atoms with E-state index in [1.54, 1.807) is 11.3 Å². The van der Waals surface area contributed by atoms with Gasteiger partial charge in [-0.25, -0.2) is 0 Å².